The van der Waals surface area contributed by atoms with Gasteiger partial charge in [-0.25, -0.2) is 8.42 Å². The fourth-order valence-corrected chi connectivity index (χ4v) is 5.92. The van der Waals surface area contributed by atoms with Crippen LogP contribution >= 0.6 is 27.3 Å². The molecule has 1 aromatic heterocycles. The van der Waals surface area contributed by atoms with Gasteiger partial charge in [0.2, 0.25) is 10.0 Å². The average Bonchev–Trinajstić information content (AvgIpc) is 2.80. The Morgan fingerprint density at radius 1 is 1.55 bits per heavy atom. The van der Waals surface area contributed by atoms with Crippen LogP contribution < -0.4 is 0 Å². The summed E-state index contributed by atoms with van der Waals surface area (Å²) in [4.78, 5) is 0.828. The van der Waals surface area contributed by atoms with Crippen molar-refractivity contribution >= 4 is 37.3 Å². The quantitative estimate of drug-likeness (QED) is 0.745. The molecule has 1 rings (SSSR count). The standard InChI is InChI=1S/C12H20BrNO4S2/c1-4-9(2)14(5-6-18-3)20(16,17)11-7-10(8-15)19-12(11)13/h7,9,15H,4-6,8H2,1-3H3. The lowest BCUT2D eigenvalue weighted by Crippen LogP contribution is -2.40. The van der Waals surface area contributed by atoms with Gasteiger partial charge in [-0.15, -0.1) is 11.3 Å². The van der Waals surface area contributed by atoms with Gasteiger partial charge in [-0.3, -0.25) is 0 Å². The van der Waals surface area contributed by atoms with Crippen molar-refractivity contribution in [1.29, 1.82) is 0 Å². The normalized spacial score (nSPS) is 13.9. The number of hydrogen-bond acceptors (Lipinski definition) is 5. The Kier molecular flexibility index (Phi) is 7.10. The van der Waals surface area contributed by atoms with Crippen molar-refractivity contribution in [2.75, 3.05) is 20.3 Å². The Morgan fingerprint density at radius 3 is 2.65 bits per heavy atom. The van der Waals surface area contributed by atoms with E-state index in [2.05, 4.69) is 15.9 Å². The molecule has 0 saturated carbocycles. The molecule has 0 amide bonds. The second kappa shape index (κ2) is 7.86. The van der Waals surface area contributed by atoms with Crippen LogP contribution in [0.1, 0.15) is 25.1 Å². The van der Waals surface area contributed by atoms with E-state index in [-0.39, 0.29) is 17.5 Å². The number of sulfonamides is 1. The van der Waals surface area contributed by atoms with Gasteiger partial charge >= 0.3 is 0 Å². The van der Waals surface area contributed by atoms with E-state index in [0.29, 0.717) is 21.8 Å². The van der Waals surface area contributed by atoms with Gasteiger partial charge in [-0.05, 0) is 35.3 Å². The van der Waals surface area contributed by atoms with E-state index in [1.54, 1.807) is 7.11 Å². The Labute approximate surface area is 132 Å². The van der Waals surface area contributed by atoms with Crippen molar-refractivity contribution in [2.45, 2.75) is 37.8 Å². The summed E-state index contributed by atoms with van der Waals surface area (Å²) in [6, 6.07) is 1.41. The molecule has 0 saturated heterocycles. The van der Waals surface area contributed by atoms with E-state index >= 15 is 0 Å². The first-order valence-electron chi connectivity index (χ1n) is 6.28. The number of rotatable bonds is 8. The second-order valence-corrected chi connectivity index (χ2v) is 8.69. The van der Waals surface area contributed by atoms with Gasteiger partial charge in [0.05, 0.1) is 17.0 Å². The fourth-order valence-electron chi connectivity index (χ4n) is 1.74. The minimum atomic E-state index is -3.60. The monoisotopic (exact) mass is 385 g/mol. The summed E-state index contributed by atoms with van der Waals surface area (Å²) in [5, 5.41) is 9.14. The summed E-state index contributed by atoms with van der Waals surface area (Å²) in [6.45, 7) is 4.31. The smallest absolute Gasteiger partial charge is 0.245 e. The molecule has 1 N–H and O–H groups in total. The topological polar surface area (TPSA) is 66.8 Å². The fraction of sp³-hybridized carbons (Fsp3) is 0.667. The van der Waals surface area contributed by atoms with Gasteiger partial charge in [0.25, 0.3) is 0 Å². The first kappa shape index (κ1) is 18.1. The molecule has 1 heterocycles. The van der Waals surface area contributed by atoms with E-state index in [9.17, 15) is 8.42 Å². The van der Waals surface area contributed by atoms with Gasteiger partial charge in [0.1, 0.15) is 4.90 Å². The SMILES string of the molecule is CCC(C)N(CCOC)S(=O)(=O)c1cc(CO)sc1Br. The number of aliphatic hydroxyl groups is 1. The first-order valence-corrected chi connectivity index (χ1v) is 9.33. The van der Waals surface area contributed by atoms with Crippen LogP contribution in [-0.2, 0) is 21.4 Å². The van der Waals surface area contributed by atoms with Gasteiger partial charge in [0.15, 0.2) is 0 Å². The molecule has 116 valence electrons. The largest absolute Gasteiger partial charge is 0.391 e. The van der Waals surface area contributed by atoms with Crippen LogP contribution in [0.2, 0.25) is 0 Å². The maximum Gasteiger partial charge on any atom is 0.245 e. The van der Waals surface area contributed by atoms with E-state index in [1.807, 2.05) is 13.8 Å². The van der Waals surface area contributed by atoms with Crippen LogP contribution in [-0.4, -0.2) is 44.1 Å². The van der Waals surface area contributed by atoms with E-state index < -0.39 is 10.0 Å². The molecule has 20 heavy (non-hydrogen) atoms. The highest BCUT2D eigenvalue weighted by atomic mass is 79.9. The third-order valence-corrected chi connectivity index (χ3v) is 7.30. The lowest BCUT2D eigenvalue weighted by molar-refractivity contribution is 0.167. The van der Waals surface area contributed by atoms with Crippen molar-refractivity contribution in [2.24, 2.45) is 0 Å². The van der Waals surface area contributed by atoms with E-state index in [4.69, 9.17) is 9.84 Å². The van der Waals surface area contributed by atoms with Gasteiger partial charge < -0.3 is 9.84 Å². The molecule has 0 aliphatic heterocycles. The highest BCUT2D eigenvalue weighted by Gasteiger charge is 2.31. The number of hydrogen-bond donors (Lipinski definition) is 1. The van der Waals surface area contributed by atoms with E-state index in [1.165, 1.54) is 21.7 Å². The van der Waals surface area contributed by atoms with Crippen molar-refractivity contribution in [3.63, 3.8) is 0 Å². The number of nitrogens with zero attached hydrogens (tertiary/aromatic N) is 1. The predicted molar refractivity (Wildman–Crippen MR) is 83.5 cm³/mol. The van der Waals surface area contributed by atoms with Crippen LogP contribution in [0.4, 0.5) is 0 Å². The summed E-state index contributed by atoms with van der Waals surface area (Å²) >= 11 is 4.50. The van der Waals surface area contributed by atoms with Gasteiger partial charge in [0, 0.05) is 24.6 Å². The molecule has 1 aromatic rings. The molecule has 0 aliphatic carbocycles. The summed E-state index contributed by atoms with van der Waals surface area (Å²) in [7, 11) is -2.05. The molecule has 0 aliphatic rings. The zero-order chi connectivity index (χ0) is 15.3. The highest BCUT2D eigenvalue weighted by Crippen LogP contribution is 2.34. The van der Waals surface area contributed by atoms with Gasteiger partial charge in [-0.2, -0.15) is 4.31 Å². The van der Waals surface area contributed by atoms with Crippen LogP contribution in [0.3, 0.4) is 0 Å². The minimum absolute atomic E-state index is 0.112. The number of methoxy groups -OCH3 is 1. The maximum atomic E-state index is 12.8. The molecule has 0 fully saturated rings. The summed E-state index contributed by atoms with van der Waals surface area (Å²) < 4.78 is 32.5. The summed E-state index contributed by atoms with van der Waals surface area (Å²) in [5.41, 5.74) is 0. The molecule has 5 nitrogen and oxygen atoms in total. The Bertz CT molecular complexity index is 530. The molecule has 0 aromatic carbocycles. The predicted octanol–water partition coefficient (Wildman–Crippen LogP) is 2.44. The molecular formula is C12H20BrNO4S2. The van der Waals surface area contributed by atoms with Gasteiger partial charge in [-0.1, -0.05) is 6.92 Å². The first-order chi connectivity index (χ1) is 9.38. The lowest BCUT2D eigenvalue weighted by atomic mass is 10.3. The van der Waals surface area contributed by atoms with Crippen molar-refractivity contribution < 1.29 is 18.3 Å². The Morgan fingerprint density at radius 2 is 2.20 bits per heavy atom. The number of thiophene rings is 1. The van der Waals surface area contributed by atoms with E-state index in [0.717, 1.165) is 6.42 Å². The van der Waals surface area contributed by atoms with Crippen LogP contribution in [0.15, 0.2) is 14.7 Å². The van der Waals surface area contributed by atoms with Crippen LogP contribution in [0.25, 0.3) is 0 Å². The molecule has 8 heteroatoms. The zero-order valence-corrected chi connectivity index (χ0v) is 15.0. The summed E-state index contributed by atoms with van der Waals surface area (Å²) in [6.07, 6.45) is 0.720. The number of halogens is 1. The molecule has 1 unspecified atom stereocenters. The summed E-state index contributed by atoms with van der Waals surface area (Å²) in [5.74, 6) is 0. The zero-order valence-electron chi connectivity index (χ0n) is 11.8. The number of ether oxygens (including phenoxy) is 1. The second-order valence-electron chi connectivity index (χ2n) is 4.37. The Hall–Kier alpha value is 0.01000. The van der Waals surface area contributed by atoms with Crippen LogP contribution in [0, 0.1) is 0 Å². The molecule has 1 atom stereocenters. The molecule has 0 radical (unpaired) electrons. The van der Waals surface area contributed by atoms with Crippen molar-refractivity contribution in [3.05, 3.63) is 14.7 Å². The van der Waals surface area contributed by atoms with Crippen molar-refractivity contribution in [1.82, 2.24) is 4.31 Å². The average molecular weight is 386 g/mol. The lowest BCUT2D eigenvalue weighted by Gasteiger charge is -2.27. The Balaban J connectivity index is 3.17. The molecular weight excluding hydrogens is 366 g/mol. The maximum absolute atomic E-state index is 12.8. The molecule has 0 bridgehead atoms. The van der Waals surface area contributed by atoms with Crippen molar-refractivity contribution in [3.8, 4) is 0 Å². The third-order valence-electron chi connectivity index (χ3n) is 3.05. The highest BCUT2D eigenvalue weighted by molar-refractivity contribution is 9.11. The minimum Gasteiger partial charge on any atom is -0.391 e. The van der Waals surface area contributed by atoms with Crippen LogP contribution in [0.5, 0.6) is 0 Å². The molecule has 0 spiro atoms. The third kappa shape index (κ3) is 4.02. The number of aliphatic hydroxyl groups excluding tert-OH is 1.